The molecule has 0 bridgehead atoms. The molecule has 0 spiro atoms. The Kier molecular flexibility index (Phi) is 4.86. The first-order chi connectivity index (χ1) is 9.19. The van der Waals surface area contributed by atoms with Gasteiger partial charge in [-0.15, -0.1) is 0 Å². The molecular formula is C16H26INOSi. The van der Waals surface area contributed by atoms with Gasteiger partial charge in [0.1, 0.15) is 6.73 Å². The Hall–Kier alpha value is -0.0731. The van der Waals surface area contributed by atoms with Crippen LogP contribution in [0.4, 0.5) is 5.69 Å². The molecule has 20 heavy (non-hydrogen) atoms. The van der Waals surface area contributed by atoms with E-state index in [1.165, 1.54) is 20.9 Å². The third-order valence-corrected chi connectivity index (χ3v) is 6.23. The summed E-state index contributed by atoms with van der Waals surface area (Å²) in [6.45, 7) is 14.5. The Morgan fingerprint density at radius 1 is 1.30 bits per heavy atom. The van der Waals surface area contributed by atoms with Crippen molar-refractivity contribution in [3.8, 4) is 0 Å². The van der Waals surface area contributed by atoms with Crippen LogP contribution in [0.3, 0.4) is 0 Å². The fourth-order valence-electron chi connectivity index (χ4n) is 2.65. The summed E-state index contributed by atoms with van der Waals surface area (Å²) in [6, 6.07) is 8.01. The van der Waals surface area contributed by atoms with E-state index in [2.05, 4.69) is 79.2 Å². The van der Waals surface area contributed by atoms with Crippen LogP contribution in [0.15, 0.2) is 18.2 Å². The van der Waals surface area contributed by atoms with Gasteiger partial charge in [-0.3, -0.25) is 0 Å². The molecule has 0 atom stereocenters. The third-order valence-electron chi connectivity index (χ3n) is 3.86. The minimum Gasteiger partial charge on any atom is -0.361 e. The van der Waals surface area contributed by atoms with Crippen molar-refractivity contribution in [2.75, 3.05) is 24.8 Å². The van der Waals surface area contributed by atoms with Crippen molar-refractivity contribution in [1.82, 2.24) is 0 Å². The molecule has 1 aliphatic rings. The van der Waals surface area contributed by atoms with E-state index in [0.717, 1.165) is 19.9 Å². The smallest absolute Gasteiger partial charge is 0.118 e. The van der Waals surface area contributed by atoms with Gasteiger partial charge in [0.2, 0.25) is 0 Å². The summed E-state index contributed by atoms with van der Waals surface area (Å²) in [4.78, 5) is 2.39. The maximum Gasteiger partial charge on any atom is 0.118 e. The van der Waals surface area contributed by atoms with Crippen molar-refractivity contribution >= 4 is 36.4 Å². The average Bonchev–Trinajstić information content (AvgIpc) is 2.55. The molecule has 0 saturated carbocycles. The average molecular weight is 403 g/mol. The Morgan fingerprint density at radius 2 is 2.00 bits per heavy atom. The van der Waals surface area contributed by atoms with Crippen LogP contribution in [0.25, 0.3) is 0 Å². The molecule has 2 rings (SSSR count). The zero-order valence-electron chi connectivity index (χ0n) is 13.3. The summed E-state index contributed by atoms with van der Waals surface area (Å²) in [7, 11) is -0.988. The molecule has 112 valence electrons. The molecule has 0 fully saturated rings. The van der Waals surface area contributed by atoms with E-state index in [-0.39, 0.29) is 5.41 Å². The maximum absolute atomic E-state index is 5.94. The van der Waals surface area contributed by atoms with E-state index in [4.69, 9.17) is 4.74 Å². The highest BCUT2D eigenvalue weighted by molar-refractivity contribution is 14.1. The predicted octanol–water partition coefficient (Wildman–Crippen LogP) is 4.70. The Labute approximate surface area is 138 Å². The molecule has 1 aromatic rings. The molecule has 1 aromatic carbocycles. The highest BCUT2D eigenvalue weighted by Gasteiger charge is 2.34. The topological polar surface area (TPSA) is 12.5 Å². The van der Waals surface area contributed by atoms with Gasteiger partial charge in [0.15, 0.2) is 0 Å². The van der Waals surface area contributed by atoms with E-state index >= 15 is 0 Å². The second kappa shape index (κ2) is 5.97. The number of fused-ring (bicyclic) bond motifs is 1. The fourth-order valence-corrected chi connectivity index (χ4v) is 3.89. The second-order valence-electron chi connectivity index (χ2n) is 7.59. The minimum atomic E-state index is -0.988. The molecule has 0 radical (unpaired) electrons. The van der Waals surface area contributed by atoms with Crippen LogP contribution in [0, 0.1) is 3.57 Å². The Bertz CT molecular complexity index is 482. The molecule has 0 aromatic heterocycles. The molecule has 0 N–H and O–H groups in total. The standard InChI is InChI=1S/C16H26INOSi/c1-16(2)11-18(12-19-8-9-20(3,4)5)15-10-13(17)6-7-14(15)16/h6-7,10H,8-9,11-12H2,1-5H3. The largest absolute Gasteiger partial charge is 0.361 e. The molecular weight excluding hydrogens is 377 g/mol. The highest BCUT2D eigenvalue weighted by Crippen LogP contribution is 2.40. The number of ether oxygens (including phenoxy) is 1. The second-order valence-corrected chi connectivity index (χ2v) is 14.5. The number of benzene rings is 1. The maximum atomic E-state index is 5.94. The van der Waals surface area contributed by atoms with E-state index in [1.54, 1.807) is 0 Å². The van der Waals surface area contributed by atoms with Crippen molar-refractivity contribution < 1.29 is 4.74 Å². The van der Waals surface area contributed by atoms with Crippen molar-refractivity contribution in [2.45, 2.75) is 44.9 Å². The summed E-state index contributed by atoms with van der Waals surface area (Å²) >= 11 is 2.39. The van der Waals surface area contributed by atoms with Crippen molar-refractivity contribution in [1.29, 1.82) is 0 Å². The van der Waals surface area contributed by atoms with Crippen molar-refractivity contribution in [2.24, 2.45) is 0 Å². The third kappa shape index (κ3) is 3.98. The van der Waals surface area contributed by atoms with Gasteiger partial charge in [-0.25, -0.2) is 0 Å². The monoisotopic (exact) mass is 403 g/mol. The minimum absolute atomic E-state index is 0.224. The van der Waals surface area contributed by atoms with Gasteiger partial charge >= 0.3 is 0 Å². The Balaban J connectivity index is 2.00. The highest BCUT2D eigenvalue weighted by atomic mass is 127. The number of halogens is 1. The van der Waals surface area contributed by atoms with Crippen LogP contribution in [-0.2, 0) is 10.2 Å². The van der Waals surface area contributed by atoms with Gasteiger partial charge in [-0.2, -0.15) is 0 Å². The molecule has 1 heterocycles. The number of hydrogen-bond acceptors (Lipinski definition) is 2. The first kappa shape index (κ1) is 16.3. The zero-order valence-corrected chi connectivity index (χ0v) is 16.5. The molecule has 1 aliphatic heterocycles. The van der Waals surface area contributed by atoms with Crippen LogP contribution in [0.1, 0.15) is 19.4 Å². The van der Waals surface area contributed by atoms with Crippen LogP contribution in [-0.4, -0.2) is 28.0 Å². The summed E-state index contributed by atoms with van der Waals surface area (Å²) in [5.41, 5.74) is 3.03. The quantitative estimate of drug-likeness (QED) is 0.401. The van der Waals surface area contributed by atoms with E-state index in [9.17, 15) is 0 Å². The van der Waals surface area contributed by atoms with Gasteiger partial charge in [0.25, 0.3) is 0 Å². The van der Waals surface area contributed by atoms with Crippen molar-refractivity contribution in [3.05, 3.63) is 27.3 Å². The number of anilines is 1. The predicted molar refractivity (Wildman–Crippen MR) is 98.5 cm³/mol. The molecule has 4 heteroatoms. The normalized spacial score (nSPS) is 17.4. The lowest BCUT2D eigenvalue weighted by Crippen LogP contribution is -2.31. The molecule has 0 saturated heterocycles. The molecule has 0 unspecified atom stereocenters. The molecule has 0 aliphatic carbocycles. The summed E-state index contributed by atoms with van der Waals surface area (Å²) in [5.74, 6) is 0. The molecule has 2 nitrogen and oxygen atoms in total. The number of hydrogen-bond donors (Lipinski definition) is 0. The van der Waals surface area contributed by atoms with Crippen LogP contribution >= 0.6 is 22.6 Å². The zero-order chi connectivity index (χ0) is 15.0. The first-order valence-electron chi connectivity index (χ1n) is 7.32. The Morgan fingerprint density at radius 3 is 2.65 bits per heavy atom. The van der Waals surface area contributed by atoms with Crippen molar-refractivity contribution in [3.63, 3.8) is 0 Å². The number of nitrogens with zero attached hydrogens (tertiary/aromatic N) is 1. The van der Waals surface area contributed by atoms with Gasteiger partial charge in [-0.05, 0) is 46.3 Å². The van der Waals surface area contributed by atoms with Crippen LogP contribution in [0.2, 0.25) is 25.7 Å². The van der Waals surface area contributed by atoms with E-state index in [1.807, 2.05) is 0 Å². The van der Waals surface area contributed by atoms with Gasteiger partial charge < -0.3 is 9.64 Å². The number of rotatable bonds is 5. The summed E-state index contributed by atoms with van der Waals surface area (Å²) < 4.78 is 7.24. The van der Waals surface area contributed by atoms with Gasteiger partial charge in [0.05, 0.1) is 0 Å². The SMILES string of the molecule is CC1(C)CN(COCC[Si](C)(C)C)c2cc(I)ccc21. The van der Waals surface area contributed by atoms with Gasteiger partial charge in [-0.1, -0.05) is 39.6 Å². The lowest BCUT2D eigenvalue weighted by Gasteiger charge is -2.23. The fraction of sp³-hybridized carbons (Fsp3) is 0.625. The van der Waals surface area contributed by atoms with Crippen LogP contribution < -0.4 is 4.90 Å². The van der Waals surface area contributed by atoms with Gasteiger partial charge in [0, 0.05) is 35.9 Å². The lowest BCUT2D eigenvalue weighted by atomic mass is 9.87. The van der Waals surface area contributed by atoms with E-state index < -0.39 is 8.07 Å². The summed E-state index contributed by atoms with van der Waals surface area (Å²) in [6.07, 6.45) is 0. The van der Waals surface area contributed by atoms with E-state index in [0.29, 0.717) is 0 Å². The molecule has 0 amide bonds. The summed E-state index contributed by atoms with van der Waals surface area (Å²) in [5, 5.41) is 0. The van der Waals surface area contributed by atoms with Crippen LogP contribution in [0.5, 0.6) is 0 Å². The lowest BCUT2D eigenvalue weighted by molar-refractivity contribution is 0.146. The first-order valence-corrected chi connectivity index (χ1v) is 12.1.